The first-order chi connectivity index (χ1) is 9.37. The van der Waals surface area contributed by atoms with Gasteiger partial charge in [-0.3, -0.25) is 0 Å². The minimum absolute atomic E-state index is 0.0335. The Morgan fingerprint density at radius 1 is 1.10 bits per heavy atom. The van der Waals surface area contributed by atoms with E-state index in [1.807, 2.05) is 41.2 Å². The van der Waals surface area contributed by atoms with Gasteiger partial charge >= 0.3 is 5.97 Å². The van der Waals surface area contributed by atoms with Crippen molar-refractivity contribution in [3.8, 4) is 0 Å². The van der Waals surface area contributed by atoms with Crippen LogP contribution in [0.3, 0.4) is 0 Å². The highest BCUT2D eigenvalue weighted by Crippen LogP contribution is 2.19. The van der Waals surface area contributed by atoms with E-state index >= 15 is 0 Å². The Hall–Kier alpha value is -0.870. The zero-order valence-corrected chi connectivity index (χ0v) is 15.4. The highest BCUT2D eigenvalue weighted by molar-refractivity contribution is 5.87. The maximum atomic E-state index is 12.0. The first-order valence-electron chi connectivity index (χ1n) is 7.53. The van der Waals surface area contributed by atoms with Crippen LogP contribution in [0, 0.1) is 5.41 Å². The predicted molar refractivity (Wildman–Crippen MR) is 89.4 cm³/mol. The molecule has 0 aliphatic heterocycles. The molecule has 0 spiro atoms. The van der Waals surface area contributed by atoms with E-state index < -0.39 is 0 Å². The summed E-state index contributed by atoms with van der Waals surface area (Å²) >= 11 is 0. The standard InChI is InChI=1S/C17H34N2O2/c1-14(10-11-17(4,5)19(8)9)15(20)21-13-16(2,3)12-18(6)7/h10H,11-13H2,1-9H3. The third-order valence-electron chi connectivity index (χ3n) is 3.78. The number of esters is 1. The molecule has 0 saturated heterocycles. The molecule has 4 nitrogen and oxygen atoms in total. The molecule has 0 amide bonds. The van der Waals surface area contributed by atoms with Gasteiger partial charge in [-0.15, -0.1) is 0 Å². The second-order valence-electron chi connectivity index (χ2n) is 7.78. The largest absolute Gasteiger partial charge is 0.462 e. The molecule has 0 aliphatic rings. The molecule has 4 heteroatoms. The van der Waals surface area contributed by atoms with Crippen LogP contribution in [0.1, 0.15) is 41.0 Å². The van der Waals surface area contributed by atoms with Crippen molar-refractivity contribution in [3.05, 3.63) is 11.6 Å². The van der Waals surface area contributed by atoms with Gasteiger partial charge in [0.2, 0.25) is 0 Å². The second-order valence-corrected chi connectivity index (χ2v) is 7.78. The Bertz CT molecular complexity index is 369. The minimum Gasteiger partial charge on any atom is -0.462 e. The van der Waals surface area contributed by atoms with E-state index in [1.165, 1.54) is 0 Å². The molecule has 0 saturated carbocycles. The predicted octanol–water partition coefficient (Wildman–Crippen LogP) is 2.79. The zero-order chi connectivity index (χ0) is 16.8. The van der Waals surface area contributed by atoms with E-state index in [4.69, 9.17) is 4.74 Å². The molecule has 21 heavy (non-hydrogen) atoms. The molecule has 0 aliphatic carbocycles. The van der Waals surface area contributed by atoms with Crippen LogP contribution in [0.4, 0.5) is 0 Å². The number of carbonyl (C=O) groups is 1. The van der Waals surface area contributed by atoms with Gasteiger partial charge in [0, 0.05) is 23.1 Å². The summed E-state index contributed by atoms with van der Waals surface area (Å²) in [5.74, 6) is -0.212. The van der Waals surface area contributed by atoms with Gasteiger partial charge in [-0.25, -0.2) is 4.79 Å². The van der Waals surface area contributed by atoms with Gasteiger partial charge in [-0.05, 0) is 55.4 Å². The number of hydrogen-bond donors (Lipinski definition) is 0. The van der Waals surface area contributed by atoms with Gasteiger partial charge in [-0.1, -0.05) is 19.9 Å². The highest BCUT2D eigenvalue weighted by Gasteiger charge is 2.22. The van der Waals surface area contributed by atoms with E-state index in [2.05, 4.69) is 37.5 Å². The van der Waals surface area contributed by atoms with Crippen LogP contribution in [0.15, 0.2) is 11.6 Å². The Kier molecular flexibility index (Phi) is 7.62. The third kappa shape index (κ3) is 8.22. The topological polar surface area (TPSA) is 32.8 Å². The van der Waals surface area contributed by atoms with Crippen molar-refractivity contribution in [1.29, 1.82) is 0 Å². The monoisotopic (exact) mass is 298 g/mol. The van der Waals surface area contributed by atoms with Gasteiger partial charge in [0.25, 0.3) is 0 Å². The molecule has 0 aromatic rings. The summed E-state index contributed by atoms with van der Waals surface area (Å²) in [4.78, 5) is 16.3. The van der Waals surface area contributed by atoms with Crippen LogP contribution in [0.25, 0.3) is 0 Å². The third-order valence-corrected chi connectivity index (χ3v) is 3.78. The van der Waals surface area contributed by atoms with Crippen molar-refractivity contribution in [3.63, 3.8) is 0 Å². The summed E-state index contributed by atoms with van der Waals surface area (Å²) in [6.45, 7) is 11.7. The lowest BCUT2D eigenvalue weighted by atomic mass is 9.94. The van der Waals surface area contributed by atoms with Crippen molar-refractivity contribution in [2.24, 2.45) is 5.41 Å². The molecular weight excluding hydrogens is 264 g/mol. The molecule has 124 valence electrons. The molecule has 0 radical (unpaired) electrons. The molecule has 0 rings (SSSR count). The van der Waals surface area contributed by atoms with Crippen LogP contribution in [0.2, 0.25) is 0 Å². The summed E-state index contributed by atoms with van der Waals surface area (Å²) in [7, 11) is 8.15. The minimum atomic E-state index is -0.212. The normalized spacial score (nSPS) is 14.0. The van der Waals surface area contributed by atoms with Gasteiger partial charge in [0.05, 0.1) is 6.61 Å². The lowest BCUT2D eigenvalue weighted by Crippen LogP contribution is -2.37. The molecule has 0 fully saturated rings. The van der Waals surface area contributed by atoms with Gasteiger partial charge in [0.1, 0.15) is 0 Å². The number of carbonyl (C=O) groups excluding carboxylic acids is 1. The quantitative estimate of drug-likeness (QED) is 0.509. The average Bonchev–Trinajstić information content (AvgIpc) is 2.31. The van der Waals surface area contributed by atoms with Crippen LogP contribution >= 0.6 is 0 Å². The fourth-order valence-corrected chi connectivity index (χ4v) is 1.95. The van der Waals surface area contributed by atoms with Crippen LogP contribution in [-0.2, 0) is 9.53 Å². The molecule has 0 atom stereocenters. The van der Waals surface area contributed by atoms with Crippen molar-refractivity contribution in [1.82, 2.24) is 9.80 Å². The van der Waals surface area contributed by atoms with Crippen molar-refractivity contribution >= 4 is 5.97 Å². The molecule has 0 aromatic carbocycles. The van der Waals surface area contributed by atoms with E-state index in [9.17, 15) is 4.79 Å². The Morgan fingerprint density at radius 2 is 1.62 bits per heavy atom. The maximum absolute atomic E-state index is 12.0. The van der Waals surface area contributed by atoms with Crippen molar-refractivity contribution in [2.75, 3.05) is 41.3 Å². The first-order valence-corrected chi connectivity index (χ1v) is 7.53. The first kappa shape index (κ1) is 20.1. The van der Waals surface area contributed by atoms with Gasteiger partial charge in [0.15, 0.2) is 0 Å². The summed E-state index contributed by atoms with van der Waals surface area (Å²) in [6.07, 6.45) is 2.79. The summed E-state index contributed by atoms with van der Waals surface area (Å²) in [5.41, 5.74) is 0.680. The van der Waals surface area contributed by atoms with E-state index in [1.54, 1.807) is 0 Å². The molecule has 0 heterocycles. The number of rotatable bonds is 8. The lowest BCUT2D eigenvalue weighted by molar-refractivity contribution is -0.142. The second kappa shape index (κ2) is 7.95. The maximum Gasteiger partial charge on any atom is 0.333 e. The Balaban J connectivity index is 4.47. The average molecular weight is 298 g/mol. The number of hydrogen-bond acceptors (Lipinski definition) is 4. The Morgan fingerprint density at radius 3 is 2.05 bits per heavy atom. The van der Waals surface area contributed by atoms with Gasteiger partial charge < -0.3 is 14.5 Å². The summed E-state index contributed by atoms with van der Waals surface area (Å²) < 4.78 is 5.45. The molecule has 0 unspecified atom stereocenters. The molecular formula is C17H34N2O2. The zero-order valence-electron chi connectivity index (χ0n) is 15.4. The number of ether oxygens (including phenoxy) is 1. The van der Waals surface area contributed by atoms with E-state index in [0.29, 0.717) is 12.2 Å². The SMILES string of the molecule is CC(=CCC(C)(C)N(C)C)C(=O)OCC(C)(C)CN(C)C. The smallest absolute Gasteiger partial charge is 0.333 e. The van der Waals surface area contributed by atoms with Crippen molar-refractivity contribution in [2.45, 2.75) is 46.6 Å². The molecule has 0 aromatic heterocycles. The summed E-state index contributed by atoms with van der Waals surface area (Å²) in [6, 6.07) is 0. The lowest BCUT2D eigenvalue weighted by Gasteiger charge is -2.31. The van der Waals surface area contributed by atoms with Gasteiger partial charge in [-0.2, -0.15) is 0 Å². The summed E-state index contributed by atoms with van der Waals surface area (Å²) in [5, 5.41) is 0. The fourth-order valence-electron chi connectivity index (χ4n) is 1.95. The van der Waals surface area contributed by atoms with E-state index in [-0.39, 0.29) is 16.9 Å². The molecule has 0 N–H and O–H groups in total. The fraction of sp³-hybridized carbons (Fsp3) is 0.824. The number of nitrogens with zero attached hydrogens (tertiary/aromatic N) is 2. The van der Waals surface area contributed by atoms with E-state index in [0.717, 1.165) is 13.0 Å². The van der Waals surface area contributed by atoms with Crippen molar-refractivity contribution < 1.29 is 9.53 Å². The highest BCUT2D eigenvalue weighted by atomic mass is 16.5. The van der Waals surface area contributed by atoms with Crippen LogP contribution in [0.5, 0.6) is 0 Å². The van der Waals surface area contributed by atoms with Crippen LogP contribution < -0.4 is 0 Å². The molecule has 0 bridgehead atoms. The van der Waals surface area contributed by atoms with Crippen LogP contribution in [-0.4, -0.2) is 62.7 Å². The Labute approximate surface area is 131 Å².